The maximum atomic E-state index is 12.6. The lowest BCUT2D eigenvalue weighted by Gasteiger charge is -2.20. The molecule has 2 aromatic heterocycles. The summed E-state index contributed by atoms with van der Waals surface area (Å²) in [6, 6.07) is 11.5. The molecule has 0 radical (unpaired) electrons. The molecule has 3 aromatic rings. The van der Waals surface area contributed by atoms with E-state index >= 15 is 0 Å². The van der Waals surface area contributed by atoms with E-state index in [1.807, 2.05) is 37.3 Å². The Kier molecular flexibility index (Phi) is 5.51. The van der Waals surface area contributed by atoms with E-state index in [-0.39, 0.29) is 11.2 Å². The van der Waals surface area contributed by atoms with Crippen molar-refractivity contribution in [2.45, 2.75) is 23.9 Å². The van der Waals surface area contributed by atoms with E-state index in [0.717, 1.165) is 5.56 Å². The number of thioether (sulfide) groups is 1. The van der Waals surface area contributed by atoms with Crippen molar-refractivity contribution >= 4 is 46.5 Å². The third-order valence-corrected chi connectivity index (χ3v) is 5.19. The lowest BCUT2D eigenvalue weighted by atomic mass is 10.2. The molecule has 1 unspecified atom stereocenters. The number of rotatable bonds is 5. The number of fused-ring (bicyclic) bond motifs is 1. The molecule has 5 nitrogen and oxygen atoms in total. The molecule has 0 saturated heterocycles. The molecular formula is C17H16Cl2N4OS. The van der Waals surface area contributed by atoms with Gasteiger partial charge in [-0.2, -0.15) is 0 Å². The normalized spacial score (nSPS) is 12.3. The van der Waals surface area contributed by atoms with Crippen molar-refractivity contribution in [3.05, 3.63) is 58.2 Å². The van der Waals surface area contributed by atoms with E-state index in [0.29, 0.717) is 27.4 Å². The van der Waals surface area contributed by atoms with Gasteiger partial charge < -0.3 is 4.90 Å². The van der Waals surface area contributed by atoms with Gasteiger partial charge in [0.25, 0.3) is 0 Å². The Balaban J connectivity index is 1.73. The molecule has 3 rings (SSSR count). The number of hydrogen-bond donors (Lipinski definition) is 0. The fourth-order valence-corrected chi connectivity index (χ4v) is 3.88. The molecular weight excluding hydrogens is 379 g/mol. The van der Waals surface area contributed by atoms with Crippen LogP contribution in [-0.2, 0) is 11.3 Å². The molecule has 1 atom stereocenters. The molecule has 0 spiro atoms. The topological polar surface area (TPSA) is 50.5 Å². The van der Waals surface area contributed by atoms with Crippen molar-refractivity contribution in [3.63, 3.8) is 0 Å². The molecule has 2 heterocycles. The second kappa shape index (κ2) is 7.64. The van der Waals surface area contributed by atoms with Gasteiger partial charge in [-0.1, -0.05) is 65.3 Å². The fraction of sp³-hybridized carbons (Fsp3) is 0.235. The minimum absolute atomic E-state index is 0.0127. The number of aromatic nitrogens is 3. The fourth-order valence-electron chi connectivity index (χ4n) is 2.44. The first kappa shape index (κ1) is 18.0. The first-order valence-electron chi connectivity index (χ1n) is 7.61. The Labute approximate surface area is 159 Å². The Morgan fingerprint density at radius 1 is 1.28 bits per heavy atom. The van der Waals surface area contributed by atoms with E-state index in [9.17, 15) is 4.79 Å². The smallest absolute Gasteiger partial charge is 0.235 e. The van der Waals surface area contributed by atoms with Crippen LogP contribution in [0.25, 0.3) is 5.65 Å². The van der Waals surface area contributed by atoms with Crippen LogP contribution < -0.4 is 0 Å². The standard InChI is InChI=1S/C17H16Cl2N4OS/c1-11(16(24)22(2)9-12-6-4-3-5-7-12)25-17-21-20-15-14(19)8-13(18)10-23(15)17/h3-8,10-11H,9H2,1-2H3. The number of amides is 1. The van der Waals surface area contributed by atoms with Gasteiger partial charge in [0.1, 0.15) is 0 Å². The summed E-state index contributed by atoms with van der Waals surface area (Å²) in [7, 11) is 1.79. The van der Waals surface area contributed by atoms with Gasteiger partial charge in [-0.15, -0.1) is 10.2 Å². The van der Waals surface area contributed by atoms with Gasteiger partial charge in [0.05, 0.1) is 15.3 Å². The first-order chi connectivity index (χ1) is 12.0. The number of benzene rings is 1. The van der Waals surface area contributed by atoms with Gasteiger partial charge >= 0.3 is 0 Å². The van der Waals surface area contributed by atoms with Gasteiger partial charge in [0.2, 0.25) is 5.91 Å². The van der Waals surface area contributed by atoms with E-state index < -0.39 is 0 Å². The average molecular weight is 395 g/mol. The van der Waals surface area contributed by atoms with Crippen LogP contribution in [0.1, 0.15) is 12.5 Å². The van der Waals surface area contributed by atoms with E-state index in [1.165, 1.54) is 11.8 Å². The summed E-state index contributed by atoms with van der Waals surface area (Å²) < 4.78 is 1.70. The Morgan fingerprint density at radius 3 is 2.72 bits per heavy atom. The first-order valence-corrected chi connectivity index (χ1v) is 9.24. The molecule has 0 aliphatic carbocycles. The third-order valence-electron chi connectivity index (χ3n) is 3.66. The second-order valence-corrected chi connectivity index (χ2v) is 7.77. The van der Waals surface area contributed by atoms with Gasteiger partial charge in [-0.05, 0) is 18.6 Å². The van der Waals surface area contributed by atoms with Crippen LogP contribution in [0, 0.1) is 0 Å². The van der Waals surface area contributed by atoms with Crippen LogP contribution in [0.5, 0.6) is 0 Å². The Morgan fingerprint density at radius 2 is 2.00 bits per heavy atom. The van der Waals surface area contributed by atoms with Crippen molar-refractivity contribution in [1.82, 2.24) is 19.5 Å². The number of nitrogens with zero attached hydrogens (tertiary/aromatic N) is 4. The zero-order valence-electron chi connectivity index (χ0n) is 13.7. The minimum Gasteiger partial charge on any atom is -0.340 e. The van der Waals surface area contributed by atoms with Crippen molar-refractivity contribution in [2.24, 2.45) is 0 Å². The molecule has 1 aromatic carbocycles. The maximum Gasteiger partial charge on any atom is 0.235 e. The summed E-state index contributed by atoms with van der Waals surface area (Å²) in [4.78, 5) is 14.3. The lowest BCUT2D eigenvalue weighted by molar-refractivity contribution is -0.129. The third kappa shape index (κ3) is 4.08. The number of halogens is 2. The molecule has 0 aliphatic heterocycles. The predicted molar refractivity (Wildman–Crippen MR) is 101 cm³/mol. The van der Waals surface area contributed by atoms with Crippen LogP contribution in [0.15, 0.2) is 47.8 Å². The highest BCUT2D eigenvalue weighted by Gasteiger charge is 2.22. The average Bonchev–Trinajstić information content (AvgIpc) is 2.98. The Bertz CT molecular complexity index is 900. The SMILES string of the molecule is CC(Sc1nnc2c(Cl)cc(Cl)cn12)C(=O)N(C)Cc1ccccc1. The summed E-state index contributed by atoms with van der Waals surface area (Å²) in [5, 5.41) is 9.35. The van der Waals surface area contributed by atoms with E-state index in [2.05, 4.69) is 10.2 Å². The Hall–Kier alpha value is -1.76. The van der Waals surface area contributed by atoms with Gasteiger partial charge in [0.15, 0.2) is 10.8 Å². The molecule has 25 heavy (non-hydrogen) atoms. The van der Waals surface area contributed by atoms with Crippen LogP contribution in [-0.4, -0.2) is 37.7 Å². The van der Waals surface area contributed by atoms with E-state index in [4.69, 9.17) is 23.2 Å². The number of carbonyl (C=O) groups is 1. The quantitative estimate of drug-likeness (QED) is 0.609. The van der Waals surface area contributed by atoms with Gasteiger partial charge in [-0.3, -0.25) is 9.20 Å². The number of hydrogen-bond acceptors (Lipinski definition) is 4. The van der Waals surface area contributed by atoms with Crippen LogP contribution in [0.3, 0.4) is 0 Å². The van der Waals surface area contributed by atoms with Gasteiger partial charge in [0, 0.05) is 19.8 Å². The molecule has 0 bridgehead atoms. The summed E-state index contributed by atoms with van der Waals surface area (Å²) in [5.74, 6) is 0.0127. The van der Waals surface area contributed by atoms with Crippen molar-refractivity contribution in [1.29, 1.82) is 0 Å². The van der Waals surface area contributed by atoms with Crippen molar-refractivity contribution in [2.75, 3.05) is 7.05 Å². The van der Waals surface area contributed by atoms with E-state index in [1.54, 1.807) is 28.6 Å². The summed E-state index contributed by atoms with van der Waals surface area (Å²) in [6.45, 7) is 2.41. The molecule has 8 heteroatoms. The highest BCUT2D eigenvalue weighted by molar-refractivity contribution is 8.00. The second-order valence-electron chi connectivity index (χ2n) is 5.62. The predicted octanol–water partition coefficient (Wildman–Crippen LogP) is 4.18. The van der Waals surface area contributed by atoms with Crippen molar-refractivity contribution in [3.8, 4) is 0 Å². The zero-order valence-corrected chi connectivity index (χ0v) is 16.0. The molecule has 0 saturated carbocycles. The van der Waals surface area contributed by atoms with Gasteiger partial charge in [-0.25, -0.2) is 0 Å². The number of pyridine rings is 1. The summed E-state index contributed by atoms with van der Waals surface area (Å²) in [6.07, 6.45) is 1.69. The van der Waals surface area contributed by atoms with Crippen molar-refractivity contribution < 1.29 is 4.79 Å². The molecule has 0 fully saturated rings. The summed E-state index contributed by atoms with van der Waals surface area (Å²) >= 11 is 13.5. The van der Waals surface area contributed by atoms with Crippen LogP contribution in [0.4, 0.5) is 0 Å². The van der Waals surface area contributed by atoms with Crippen LogP contribution in [0.2, 0.25) is 10.0 Å². The highest BCUT2D eigenvalue weighted by atomic mass is 35.5. The molecule has 1 amide bonds. The lowest BCUT2D eigenvalue weighted by Crippen LogP contribution is -2.32. The minimum atomic E-state index is -0.320. The molecule has 0 aliphatic rings. The largest absolute Gasteiger partial charge is 0.340 e. The highest BCUT2D eigenvalue weighted by Crippen LogP contribution is 2.28. The zero-order chi connectivity index (χ0) is 18.0. The molecule has 0 N–H and O–H groups in total. The molecule has 130 valence electrons. The number of carbonyl (C=O) groups excluding carboxylic acids is 1. The maximum absolute atomic E-state index is 12.6. The summed E-state index contributed by atoms with van der Waals surface area (Å²) in [5.41, 5.74) is 1.60. The van der Waals surface area contributed by atoms with Crippen LogP contribution >= 0.6 is 35.0 Å². The monoisotopic (exact) mass is 394 g/mol.